The van der Waals surface area contributed by atoms with Gasteiger partial charge in [0.15, 0.2) is 0 Å². The molecule has 25 heavy (non-hydrogen) atoms. The molecule has 2 N–H and O–H groups in total. The molecular formula is C20H22N3OS+. The van der Waals surface area contributed by atoms with E-state index in [1.165, 1.54) is 16.9 Å². The highest BCUT2D eigenvalue weighted by atomic mass is 32.1. The number of piperazine rings is 1. The summed E-state index contributed by atoms with van der Waals surface area (Å²) in [4.78, 5) is 8.79. The number of thiazole rings is 1. The standard InChI is InChI=1S/C20H21N3OS/c24-19-8-6-18(7-9-19)23-12-10-22(11-13-23)14-17-15-25-20(21-17)16-4-2-1-3-5-16/h1-9,15,24H,10-14H2/p+1. The van der Waals surface area contributed by atoms with Crippen LogP contribution in [0, 0.1) is 0 Å². The fraction of sp³-hybridized carbons (Fsp3) is 0.250. The van der Waals surface area contributed by atoms with Crippen LogP contribution in [0.25, 0.3) is 10.6 Å². The van der Waals surface area contributed by atoms with E-state index in [0.29, 0.717) is 5.75 Å². The van der Waals surface area contributed by atoms with Crippen LogP contribution in [-0.2, 0) is 6.54 Å². The van der Waals surface area contributed by atoms with Crippen LogP contribution >= 0.6 is 11.3 Å². The fourth-order valence-electron chi connectivity index (χ4n) is 3.28. The van der Waals surface area contributed by atoms with E-state index in [-0.39, 0.29) is 0 Å². The van der Waals surface area contributed by atoms with Crippen LogP contribution in [0.4, 0.5) is 5.69 Å². The molecule has 2 aromatic carbocycles. The van der Waals surface area contributed by atoms with E-state index in [4.69, 9.17) is 4.98 Å². The maximum absolute atomic E-state index is 9.42. The molecule has 0 spiro atoms. The Labute approximate surface area is 152 Å². The SMILES string of the molecule is Oc1ccc(N2CC[NH+](Cc3csc(-c4ccccc4)n3)CC2)cc1. The van der Waals surface area contributed by atoms with Crippen molar-refractivity contribution in [3.8, 4) is 16.3 Å². The molecule has 0 radical (unpaired) electrons. The lowest BCUT2D eigenvalue weighted by atomic mass is 10.2. The number of anilines is 1. The fourth-order valence-corrected chi connectivity index (χ4v) is 4.10. The van der Waals surface area contributed by atoms with E-state index < -0.39 is 0 Å². The molecule has 0 saturated carbocycles. The Balaban J connectivity index is 1.34. The van der Waals surface area contributed by atoms with Crippen LogP contribution in [0.2, 0.25) is 0 Å². The Kier molecular flexibility index (Phi) is 4.68. The minimum atomic E-state index is 0.325. The smallest absolute Gasteiger partial charge is 0.123 e. The van der Waals surface area contributed by atoms with Gasteiger partial charge in [0.2, 0.25) is 0 Å². The normalized spacial score (nSPS) is 15.4. The monoisotopic (exact) mass is 352 g/mol. The summed E-state index contributed by atoms with van der Waals surface area (Å²) >= 11 is 1.73. The van der Waals surface area contributed by atoms with E-state index in [9.17, 15) is 5.11 Å². The molecule has 4 rings (SSSR count). The van der Waals surface area contributed by atoms with Crippen LogP contribution in [0.3, 0.4) is 0 Å². The Morgan fingerprint density at radius 3 is 2.44 bits per heavy atom. The van der Waals surface area contributed by atoms with Gasteiger partial charge in [-0.3, -0.25) is 0 Å². The first-order valence-electron chi connectivity index (χ1n) is 8.65. The molecule has 5 heteroatoms. The highest BCUT2D eigenvalue weighted by Gasteiger charge is 2.21. The Morgan fingerprint density at radius 1 is 1.00 bits per heavy atom. The molecule has 2 heterocycles. The van der Waals surface area contributed by atoms with E-state index >= 15 is 0 Å². The zero-order chi connectivity index (χ0) is 17.1. The van der Waals surface area contributed by atoms with Crippen molar-refractivity contribution in [3.05, 3.63) is 65.7 Å². The van der Waals surface area contributed by atoms with Gasteiger partial charge in [-0.2, -0.15) is 0 Å². The number of aromatic nitrogens is 1. The number of phenolic OH excluding ortho intramolecular Hbond substituents is 1. The summed E-state index contributed by atoms with van der Waals surface area (Å²) in [5.41, 5.74) is 3.58. The largest absolute Gasteiger partial charge is 0.508 e. The summed E-state index contributed by atoms with van der Waals surface area (Å²) in [5, 5.41) is 12.7. The van der Waals surface area contributed by atoms with Gasteiger partial charge in [0.05, 0.1) is 26.2 Å². The third-order valence-corrected chi connectivity index (χ3v) is 5.63. The summed E-state index contributed by atoms with van der Waals surface area (Å²) in [7, 11) is 0. The first kappa shape index (κ1) is 16.1. The number of quaternary nitrogens is 1. The van der Waals surface area contributed by atoms with Gasteiger partial charge in [-0.25, -0.2) is 4.98 Å². The molecule has 3 aromatic rings. The van der Waals surface area contributed by atoms with E-state index in [1.807, 2.05) is 18.2 Å². The number of rotatable bonds is 4. The molecule has 1 fully saturated rings. The highest BCUT2D eigenvalue weighted by molar-refractivity contribution is 7.13. The Bertz CT molecular complexity index is 808. The minimum absolute atomic E-state index is 0.325. The lowest BCUT2D eigenvalue weighted by Crippen LogP contribution is -3.13. The van der Waals surface area contributed by atoms with Crippen LogP contribution in [0.5, 0.6) is 5.75 Å². The van der Waals surface area contributed by atoms with Gasteiger partial charge >= 0.3 is 0 Å². The van der Waals surface area contributed by atoms with Crippen molar-refractivity contribution in [2.45, 2.75) is 6.54 Å². The van der Waals surface area contributed by atoms with Crippen LogP contribution in [-0.4, -0.2) is 36.3 Å². The molecule has 0 atom stereocenters. The number of nitrogens with one attached hydrogen (secondary N) is 1. The summed E-state index contributed by atoms with van der Waals surface area (Å²) in [6.45, 7) is 5.29. The van der Waals surface area contributed by atoms with Crippen molar-refractivity contribution in [2.24, 2.45) is 0 Å². The average molecular weight is 352 g/mol. The topological polar surface area (TPSA) is 40.8 Å². The van der Waals surface area contributed by atoms with Crippen LogP contribution in [0.1, 0.15) is 5.69 Å². The zero-order valence-electron chi connectivity index (χ0n) is 14.1. The van der Waals surface area contributed by atoms with E-state index in [0.717, 1.165) is 37.7 Å². The highest BCUT2D eigenvalue weighted by Crippen LogP contribution is 2.23. The van der Waals surface area contributed by atoms with Gasteiger partial charge < -0.3 is 14.9 Å². The number of aromatic hydroxyl groups is 1. The van der Waals surface area contributed by atoms with Gasteiger partial charge in [0, 0.05) is 16.6 Å². The number of phenols is 1. The zero-order valence-corrected chi connectivity index (χ0v) is 14.9. The second-order valence-electron chi connectivity index (χ2n) is 6.44. The van der Waals surface area contributed by atoms with Crippen molar-refractivity contribution in [1.29, 1.82) is 0 Å². The predicted molar refractivity (Wildman–Crippen MR) is 102 cm³/mol. The Hall–Kier alpha value is -2.37. The van der Waals surface area contributed by atoms with Gasteiger partial charge in [-0.1, -0.05) is 30.3 Å². The molecule has 1 aliphatic heterocycles. The number of benzene rings is 2. The summed E-state index contributed by atoms with van der Waals surface area (Å²) in [6.07, 6.45) is 0. The van der Waals surface area contributed by atoms with Gasteiger partial charge in [0.25, 0.3) is 0 Å². The third kappa shape index (κ3) is 3.83. The molecule has 1 aromatic heterocycles. The van der Waals surface area contributed by atoms with Gasteiger partial charge in [-0.05, 0) is 24.3 Å². The molecule has 1 saturated heterocycles. The number of hydrogen-bond acceptors (Lipinski definition) is 4. The average Bonchev–Trinajstić information content (AvgIpc) is 3.12. The van der Waals surface area contributed by atoms with Crippen LogP contribution in [0.15, 0.2) is 60.0 Å². The van der Waals surface area contributed by atoms with Crippen molar-refractivity contribution in [3.63, 3.8) is 0 Å². The summed E-state index contributed by atoms with van der Waals surface area (Å²) < 4.78 is 0. The first-order chi connectivity index (χ1) is 12.3. The van der Waals surface area contributed by atoms with Crippen molar-refractivity contribution >= 4 is 17.0 Å². The molecule has 128 valence electrons. The maximum atomic E-state index is 9.42. The molecular weight excluding hydrogens is 330 g/mol. The summed E-state index contributed by atoms with van der Waals surface area (Å²) in [6, 6.07) is 17.9. The molecule has 0 bridgehead atoms. The van der Waals surface area contributed by atoms with E-state index in [2.05, 4.69) is 34.5 Å². The predicted octanol–water partition coefficient (Wildman–Crippen LogP) is 2.42. The number of hydrogen-bond donors (Lipinski definition) is 2. The van der Waals surface area contributed by atoms with Crippen LogP contribution < -0.4 is 9.80 Å². The lowest BCUT2D eigenvalue weighted by molar-refractivity contribution is -0.914. The Morgan fingerprint density at radius 2 is 1.72 bits per heavy atom. The summed E-state index contributed by atoms with van der Waals surface area (Å²) in [5.74, 6) is 0.325. The van der Waals surface area contributed by atoms with Crippen molar-refractivity contribution < 1.29 is 10.0 Å². The van der Waals surface area contributed by atoms with Crippen molar-refractivity contribution in [1.82, 2.24) is 4.98 Å². The van der Waals surface area contributed by atoms with E-state index in [1.54, 1.807) is 28.4 Å². The number of nitrogens with zero attached hydrogens (tertiary/aromatic N) is 2. The quantitative estimate of drug-likeness (QED) is 0.758. The first-order valence-corrected chi connectivity index (χ1v) is 9.53. The van der Waals surface area contributed by atoms with Crippen molar-refractivity contribution in [2.75, 3.05) is 31.1 Å². The molecule has 0 unspecified atom stereocenters. The minimum Gasteiger partial charge on any atom is -0.508 e. The lowest BCUT2D eigenvalue weighted by Gasteiger charge is -2.33. The molecule has 4 nitrogen and oxygen atoms in total. The second-order valence-corrected chi connectivity index (χ2v) is 7.30. The molecule has 0 amide bonds. The van der Waals surface area contributed by atoms with Gasteiger partial charge in [-0.15, -0.1) is 11.3 Å². The maximum Gasteiger partial charge on any atom is 0.123 e. The molecule has 0 aliphatic carbocycles. The molecule has 1 aliphatic rings. The second kappa shape index (κ2) is 7.25. The third-order valence-electron chi connectivity index (χ3n) is 4.69. The van der Waals surface area contributed by atoms with Gasteiger partial charge in [0.1, 0.15) is 23.0 Å².